The summed E-state index contributed by atoms with van der Waals surface area (Å²) < 4.78 is 35.3. The van der Waals surface area contributed by atoms with Crippen molar-refractivity contribution in [1.29, 1.82) is 0 Å². The Morgan fingerprint density at radius 3 is 2.61 bits per heavy atom. The molecular weight excluding hydrogens is 414 g/mol. The van der Waals surface area contributed by atoms with E-state index in [0.29, 0.717) is 28.9 Å². The quantitative estimate of drug-likeness (QED) is 0.457. The molecule has 28 heavy (non-hydrogen) atoms. The van der Waals surface area contributed by atoms with Gasteiger partial charge in [0.15, 0.2) is 0 Å². The zero-order valence-corrected chi connectivity index (χ0v) is 18.6. The number of benzene rings is 2. The molecule has 0 aliphatic carbocycles. The maximum absolute atomic E-state index is 13.3. The third kappa shape index (κ3) is 4.51. The van der Waals surface area contributed by atoms with Gasteiger partial charge in [-0.15, -0.1) is 11.3 Å². The molecule has 0 amide bonds. The van der Waals surface area contributed by atoms with E-state index in [2.05, 4.69) is 0 Å². The van der Waals surface area contributed by atoms with Crippen LogP contribution in [0.2, 0.25) is 5.02 Å². The summed E-state index contributed by atoms with van der Waals surface area (Å²) in [7, 11) is -3.60. The van der Waals surface area contributed by atoms with E-state index in [-0.39, 0.29) is 0 Å². The van der Waals surface area contributed by atoms with Gasteiger partial charge in [-0.1, -0.05) is 30.7 Å². The highest BCUT2D eigenvalue weighted by molar-refractivity contribution is 7.91. The topological polar surface area (TPSA) is 46.6 Å². The molecule has 4 nitrogen and oxygen atoms in total. The van der Waals surface area contributed by atoms with E-state index >= 15 is 0 Å². The average molecular weight is 438 g/mol. The Balaban J connectivity index is 1.83. The highest BCUT2D eigenvalue weighted by Gasteiger charge is 2.28. The molecule has 0 atom stereocenters. The summed E-state index contributed by atoms with van der Waals surface area (Å²) in [6.07, 6.45) is 0.736. The zero-order valence-electron chi connectivity index (χ0n) is 16.2. The van der Waals surface area contributed by atoms with Crippen molar-refractivity contribution >= 4 is 43.0 Å². The minimum absolute atomic E-state index is 0.304. The van der Waals surface area contributed by atoms with Gasteiger partial charge in [0.1, 0.15) is 16.6 Å². The van der Waals surface area contributed by atoms with Gasteiger partial charge in [0, 0.05) is 22.8 Å². The SMILES string of the molecule is CCCN(CCOc1cccc(C)c1)S(=O)(=O)c1sc2ccc(Cl)cc2c1C. The van der Waals surface area contributed by atoms with Gasteiger partial charge >= 0.3 is 0 Å². The fourth-order valence-corrected chi connectivity index (χ4v) is 6.67. The standard InChI is InChI=1S/C21H24ClNO3S2/c1-4-10-23(11-12-26-18-7-5-6-15(2)13-18)28(24,25)21-16(3)19-14-17(22)8-9-20(19)27-21/h5-9,13-14H,4,10-12H2,1-3H3. The minimum Gasteiger partial charge on any atom is -0.492 e. The lowest BCUT2D eigenvalue weighted by atomic mass is 10.2. The molecule has 0 aliphatic heterocycles. The van der Waals surface area contributed by atoms with Crippen LogP contribution in [-0.4, -0.2) is 32.4 Å². The predicted molar refractivity (Wildman–Crippen MR) is 117 cm³/mol. The molecule has 1 aromatic heterocycles. The Morgan fingerprint density at radius 2 is 1.89 bits per heavy atom. The number of aryl methyl sites for hydroxylation is 2. The summed E-state index contributed by atoms with van der Waals surface area (Å²) in [5, 5.41) is 1.50. The molecule has 7 heteroatoms. The molecule has 0 unspecified atom stereocenters. The molecule has 0 bridgehead atoms. The van der Waals surface area contributed by atoms with Crippen LogP contribution >= 0.6 is 22.9 Å². The molecule has 1 heterocycles. The van der Waals surface area contributed by atoms with Crippen LogP contribution in [0.5, 0.6) is 5.75 Å². The Labute approximate surface area is 175 Å². The summed E-state index contributed by atoms with van der Waals surface area (Å²) >= 11 is 7.39. The molecule has 0 radical (unpaired) electrons. The normalized spacial score (nSPS) is 12.0. The Bertz CT molecular complexity index is 1080. The van der Waals surface area contributed by atoms with Gasteiger partial charge in [-0.3, -0.25) is 0 Å². The number of fused-ring (bicyclic) bond motifs is 1. The smallest absolute Gasteiger partial charge is 0.252 e. The van der Waals surface area contributed by atoms with E-state index in [0.717, 1.165) is 33.4 Å². The van der Waals surface area contributed by atoms with E-state index in [1.54, 1.807) is 6.07 Å². The second-order valence-electron chi connectivity index (χ2n) is 6.72. The molecule has 2 aromatic carbocycles. The van der Waals surface area contributed by atoms with Crippen molar-refractivity contribution in [3.05, 3.63) is 58.6 Å². The lowest BCUT2D eigenvalue weighted by Crippen LogP contribution is -2.35. The van der Waals surface area contributed by atoms with E-state index < -0.39 is 10.0 Å². The summed E-state index contributed by atoms with van der Waals surface area (Å²) in [6, 6.07) is 13.2. The van der Waals surface area contributed by atoms with Gasteiger partial charge in [0.05, 0.1) is 0 Å². The number of ether oxygens (including phenoxy) is 1. The van der Waals surface area contributed by atoms with E-state index in [9.17, 15) is 8.42 Å². The van der Waals surface area contributed by atoms with Gasteiger partial charge in [-0.05, 0) is 67.1 Å². The summed E-state index contributed by atoms with van der Waals surface area (Å²) in [4.78, 5) is 0. The van der Waals surface area contributed by atoms with Crippen LogP contribution < -0.4 is 4.74 Å². The highest BCUT2D eigenvalue weighted by atomic mass is 35.5. The number of nitrogens with zero attached hydrogens (tertiary/aromatic N) is 1. The number of rotatable bonds is 8. The number of hydrogen-bond acceptors (Lipinski definition) is 4. The van der Waals surface area contributed by atoms with Crippen molar-refractivity contribution in [3.63, 3.8) is 0 Å². The largest absolute Gasteiger partial charge is 0.492 e. The molecule has 3 aromatic rings. The predicted octanol–water partition coefficient (Wildman–Crippen LogP) is 5.65. The van der Waals surface area contributed by atoms with Crippen LogP contribution in [0.4, 0.5) is 0 Å². The second kappa shape index (κ2) is 8.82. The maximum atomic E-state index is 13.3. The molecular formula is C21H24ClNO3S2. The molecule has 0 spiro atoms. The Hall–Kier alpha value is -1.60. The van der Waals surface area contributed by atoms with E-state index in [1.807, 2.05) is 57.2 Å². The second-order valence-corrected chi connectivity index (χ2v) is 10.3. The van der Waals surface area contributed by atoms with Crippen molar-refractivity contribution in [2.45, 2.75) is 31.4 Å². The fourth-order valence-electron chi connectivity index (χ4n) is 3.11. The van der Waals surface area contributed by atoms with Crippen LogP contribution in [0.1, 0.15) is 24.5 Å². The molecule has 0 aliphatic rings. The van der Waals surface area contributed by atoms with Gasteiger partial charge in [-0.25, -0.2) is 8.42 Å². The molecule has 3 rings (SSSR count). The van der Waals surface area contributed by atoms with Crippen LogP contribution in [0.25, 0.3) is 10.1 Å². The van der Waals surface area contributed by atoms with Gasteiger partial charge in [0.25, 0.3) is 10.0 Å². The Morgan fingerprint density at radius 1 is 1.11 bits per heavy atom. The van der Waals surface area contributed by atoms with E-state index in [1.165, 1.54) is 15.6 Å². The lowest BCUT2D eigenvalue weighted by Gasteiger charge is -2.21. The van der Waals surface area contributed by atoms with Crippen molar-refractivity contribution in [3.8, 4) is 5.75 Å². The first-order valence-corrected chi connectivity index (χ1v) is 11.8. The first kappa shape index (κ1) is 21.1. The number of halogens is 1. The van der Waals surface area contributed by atoms with Crippen molar-refractivity contribution < 1.29 is 13.2 Å². The summed E-state index contributed by atoms with van der Waals surface area (Å²) in [6.45, 7) is 6.87. The average Bonchev–Trinajstić information content (AvgIpc) is 2.98. The van der Waals surface area contributed by atoms with Crippen molar-refractivity contribution in [2.75, 3.05) is 19.7 Å². The monoisotopic (exact) mass is 437 g/mol. The molecule has 0 saturated carbocycles. The van der Waals surface area contributed by atoms with Gasteiger partial charge < -0.3 is 4.74 Å². The summed E-state index contributed by atoms with van der Waals surface area (Å²) in [5.74, 6) is 0.751. The van der Waals surface area contributed by atoms with Crippen molar-refractivity contribution in [1.82, 2.24) is 4.31 Å². The molecule has 150 valence electrons. The van der Waals surface area contributed by atoms with Crippen LogP contribution in [0.15, 0.2) is 46.7 Å². The van der Waals surface area contributed by atoms with Gasteiger partial charge in [-0.2, -0.15) is 4.31 Å². The Kier molecular flexibility index (Phi) is 6.65. The zero-order chi connectivity index (χ0) is 20.3. The fraction of sp³-hybridized carbons (Fsp3) is 0.333. The molecule has 0 N–H and O–H groups in total. The van der Waals surface area contributed by atoms with Crippen LogP contribution in [0, 0.1) is 13.8 Å². The summed E-state index contributed by atoms with van der Waals surface area (Å²) in [5.41, 5.74) is 1.86. The number of sulfonamides is 1. The minimum atomic E-state index is -3.60. The maximum Gasteiger partial charge on any atom is 0.252 e. The number of thiophene rings is 1. The van der Waals surface area contributed by atoms with Crippen molar-refractivity contribution in [2.24, 2.45) is 0 Å². The third-order valence-electron chi connectivity index (χ3n) is 4.50. The first-order valence-electron chi connectivity index (χ1n) is 9.21. The number of hydrogen-bond donors (Lipinski definition) is 0. The van der Waals surface area contributed by atoms with Crippen LogP contribution in [0.3, 0.4) is 0 Å². The molecule has 0 fully saturated rings. The third-order valence-corrected chi connectivity index (χ3v) is 8.50. The van der Waals surface area contributed by atoms with Gasteiger partial charge in [0.2, 0.25) is 0 Å². The molecule has 0 saturated heterocycles. The van der Waals surface area contributed by atoms with Crippen LogP contribution in [-0.2, 0) is 10.0 Å². The first-order chi connectivity index (χ1) is 13.3. The van der Waals surface area contributed by atoms with E-state index in [4.69, 9.17) is 16.3 Å². The highest BCUT2D eigenvalue weighted by Crippen LogP contribution is 2.37. The lowest BCUT2D eigenvalue weighted by molar-refractivity contribution is 0.272.